The Morgan fingerprint density at radius 3 is 2.61 bits per heavy atom. The van der Waals surface area contributed by atoms with Crippen LogP contribution in [0.4, 0.5) is 5.69 Å². The molecule has 0 fully saturated rings. The van der Waals surface area contributed by atoms with E-state index < -0.39 is 0 Å². The Bertz CT molecular complexity index is 527. The topological polar surface area (TPSA) is 12.0 Å². The van der Waals surface area contributed by atoms with Crippen molar-refractivity contribution >= 4 is 29.1 Å². The monoisotopic (exact) mass is 277 g/mol. The second-order valence-electron chi connectivity index (χ2n) is 4.12. The van der Waals surface area contributed by atoms with Crippen LogP contribution in [0.15, 0.2) is 53.4 Å². The van der Waals surface area contributed by atoms with E-state index in [9.17, 15) is 0 Å². The zero-order valence-electron chi connectivity index (χ0n) is 10.5. The maximum Gasteiger partial charge on any atom is 0.0500 e. The predicted molar refractivity (Wildman–Crippen MR) is 81.7 cm³/mol. The molecule has 1 unspecified atom stereocenters. The number of benzene rings is 2. The summed E-state index contributed by atoms with van der Waals surface area (Å²) in [5.41, 5.74) is 2.24. The molecule has 0 aromatic heterocycles. The molecule has 3 heteroatoms. The standard InChI is InChI=1S/C15H16ClNS/c1-11(14-8-3-4-9-15(14)16)17-12-6-5-7-13(10-12)18-2/h3-11,17H,1-2H3. The van der Waals surface area contributed by atoms with Gasteiger partial charge in [-0.25, -0.2) is 0 Å². The van der Waals surface area contributed by atoms with Gasteiger partial charge in [-0.05, 0) is 43.0 Å². The van der Waals surface area contributed by atoms with Crippen molar-refractivity contribution in [2.24, 2.45) is 0 Å². The maximum atomic E-state index is 6.20. The van der Waals surface area contributed by atoms with Gasteiger partial charge < -0.3 is 5.32 Å². The largest absolute Gasteiger partial charge is 0.378 e. The fraction of sp³-hybridized carbons (Fsp3) is 0.200. The van der Waals surface area contributed by atoms with Gasteiger partial charge in [-0.15, -0.1) is 11.8 Å². The van der Waals surface area contributed by atoms with Gasteiger partial charge in [0.1, 0.15) is 0 Å². The molecular formula is C15H16ClNS. The SMILES string of the molecule is CSc1cccc(NC(C)c2ccccc2Cl)c1. The molecule has 94 valence electrons. The van der Waals surface area contributed by atoms with Gasteiger partial charge in [-0.1, -0.05) is 35.9 Å². The predicted octanol–water partition coefficient (Wildman–Crippen LogP) is 5.24. The minimum absolute atomic E-state index is 0.191. The van der Waals surface area contributed by atoms with Crippen molar-refractivity contribution in [2.75, 3.05) is 11.6 Å². The highest BCUT2D eigenvalue weighted by Crippen LogP contribution is 2.27. The molecule has 0 saturated heterocycles. The van der Waals surface area contributed by atoms with Gasteiger partial charge in [0.25, 0.3) is 0 Å². The van der Waals surface area contributed by atoms with Crippen molar-refractivity contribution in [1.29, 1.82) is 0 Å². The Morgan fingerprint density at radius 2 is 1.89 bits per heavy atom. The first-order valence-electron chi connectivity index (χ1n) is 5.85. The third-order valence-electron chi connectivity index (χ3n) is 2.82. The van der Waals surface area contributed by atoms with Gasteiger partial charge in [-0.2, -0.15) is 0 Å². The van der Waals surface area contributed by atoms with E-state index in [2.05, 4.69) is 48.8 Å². The van der Waals surface area contributed by atoms with E-state index in [1.54, 1.807) is 11.8 Å². The summed E-state index contributed by atoms with van der Waals surface area (Å²) in [4.78, 5) is 1.26. The van der Waals surface area contributed by atoms with Gasteiger partial charge in [0.05, 0.1) is 0 Å². The molecule has 2 rings (SSSR count). The van der Waals surface area contributed by atoms with E-state index in [1.165, 1.54) is 4.90 Å². The summed E-state index contributed by atoms with van der Waals surface area (Å²) in [6.07, 6.45) is 2.08. The summed E-state index contributed by atoms with van der Waals surface area (Å²) in [6, 6.07) is 16.5. The molecule has 1 nitrogen and oxygen atoms in total. The summed E-state index contributed by atoms with van der Waals surface area (Å²) in [6.45, 7) is 2.12. The van der Waals surface area contributed by atoms with Crippen LogP contribution >= 0.6 is 23.4 Å². The van der Waals surface area contributed by atoms with E-state index >= 15 is 0 Å². The van der Waals surface area contributed by atoms with Crippen LogP contribution in [0, 0.1) is 0 Å². The van der Waals surface area contributed by atoms with Crippen LogP contribution in [0.25, 0.3) is 0 Å². The summed E-state index contributed by atoms with van der Waals surface area (Å²) >= 11 is 7.94. The number of hydrogen-bond donors (Lipinski definition) is 1. The molecule has 2 aromatic rings. The first-order chi connectivity index (χ1) is 8.70. The number of nitrogens with one attached hydrogen (secondary N) is 1. The average molecular weight is 278 g/mol. The molecule has 0 aliphatic rings. The second kappa shape index (κ2) is 6.17. The first kappa shape index (κ1) is 13.3. The van der Waals surface area contributed by atoms with Crippen molar-refractivity contribution < 1.29 is 0 Å². The van der Waals surface area contributed by atoms with Crippen LogP contribution < -0.4 is 5.32 Å². The Morgan fingerprint density at radius 1 is 1.11 bits per heavy atom. The smallest absolute Gasteiger partial charge is 0.0500 e. The molecule has 0 spiro atoms. The molecule has 2 aromatic carbocycles. The summed E-state index contributed by atoms with van der Waals surface area (Å²) in [5.74, 6) is 0. The zero-order chi connectivity index (χ0) is 13.0. The lowest BCUT2D eigenvalue weighted by atomic mass is 10.1. The van der Waals surface area contributed by atoms with E-state index in [-0.39, 0.29) is 6.04 Å². The first-order valence-corrected chi connectivity index (χ1v) is 7.46. The summed E-state index contributed by atoms with van der Waals surface area (Å²) < 4.78 is 0. The van der Waals surface area contributed by atoms with Crippen LogP contribution in [-0.4, -0.2) is 6.26 Å². The van der Waals surface area contributed by atoms with Crippen molar-refractivity contribution in [3.63, 3.8) is 0 Å². The fourth-order valence-corrected chi connectivity index (χ4v) is 2.63. The molecular weight excluding hydrogens is 262 g/mol. The Kier molecular flexibility index (Phi) is 4.56. The van der Waals surface area contributed by atoms with E-state index in [4.69, 9.17) is 11.6 Å². The summed E-state index contributed by atoms with van der Waals surface area (Å²) in [5, 5.41) is 4.28. The summed E-state index contributed by atoms with van der Waals surface area (Å²) in [7, 11) is 0. The minimum Gasteiger partial charge on any atom is -0.378 e. The van der Waals surface area contributed by atoms with E-state index in [0.717, 1.165) is 16.3 Å². The van der Waals surface area contributed by atoms with Crippen LogP contribution in [0.5, 0.6) is 0 Å². The van der Waals surface area contributed by atoms with Crippen LogP contribution in [0.3, 0.4) is 0 Å². The van der Waals surface area contributed by atoms with Crippen molar-refractivity contribution in [2.45, 2.75) is 17.9 Å². The average Bonchev–Trinajstić information content (AvgIpc) is 2.39. The second-order valence-corrected chi connectivity index (χ2v) is 5.41. The fourth-order valence-electron chi connectivity index (χ4n) is 1.87. The third-order valence-corrected chi connectivity index (χ3v) is 3.89. The van der Waals surface area contributed by atoms with Gasteiger partial charge in [0, 0.05) is 21.6 Å². The van der Waals surface area contributed by atoms with E-state index in [1.807, 2.05) is 18.2 Å². The molecule has 0 aliphatic heterocycles. The number of halogens is 1. The number of hydrogen-bond acceptors (Lipinski definition) is 2. The molecule has 1 atom stereocenters. The minimum atomic E-state index is 0.191. The molecule has 0 aliphatic carbocycles. The number of thioether (sulfide) groups is 1. The third kappa shape index (κ3) is 3.21. The number of anilines is 1. The Balaban J connectivity index is 2.16. The van der Waals surface area contributed by atoms with Gasteiger partial charge in [0.15, 0.2) is 0 Å². The molecule has 18 heavy (non-hydrogen) atoms. The zero-order valence-corrected chi connectivity index (χ0v) is 12.1. The Hall–Kier alpha value is -1.12. The number of rotatable bonds is 4. The molecule has 0 bridgehead atoms. The van der Waals surface area contributed by atoms with Gasteiger partial charge in [0.2, 0.25) is 0 Å². The highest BCUT2D eigenvalue weighted by molar-refractivity contribution is 7.98. The van der Waals surface area contributed by atoms with Gasteiger partial charge >= 0.3 is 0 Å². The highest BCUT2D eigenvalue weighted by Gasteiger charge is 2.08. The normalized spacial score (nSPS) is 12.2. The van der Waals surface area contributed by atoms with Crippen LogP contribution in [0.1, 0.15) is 18.5 Å². The lowest BCUT2D eigenvalue weighted by Crippen LogP contribution is -2.07. The molecule has 0 saturated carbocycles. The van der Waals surface area contributed by atoms with Crippen molar-refractivity contribution in [3.05, 3.63) is 59.1 Å². The maximum absolute atomic E-state index is 6.20. The lowest BCUT2D eigenvalue weighted by Gasteiger charge is -2.17. The van der Waals surface area contributed by atoms with Gasteiger partial charge in [-0.3, -0.25) is 0 Å². The van der Waals surface area contributed by atoms with Crippen LogP contribution in [0.2, 0.25) is 5.02 Å². The molecule has 0 heterocycles. The van der Waals surface area contributed by atoms with Crippen molar-refractivity contribution in [3.8, 4) is 0 Å². The molecule has 0 radical (unpaired) electrons. The molecule has 0 amide bonds. The van der Waals surface area contributed by atoms with E-state index in [0.29, 0.717) is 0 Å². The quantitative estimate of drug-likeness (QED) is 0.768. The van der Waals surface area contributed by atoms with Crippen molar-refractivity contribution in [1.82, 2.24) is 0 Å². The van der Waals surface area contributed by atoms with Crippen LogP contribution in [-0.2, 0) is 0 Å². The lowest BCUT2D eigenvalue weighted by molar-refractivity contribution is 0.884. The molecule has 1 N–H and O–H groups in total. The Labute approximate surface area is 118 Å². The highest BCUT2D eigenvalue weighted by atomic mass is 35.5.